The van der Waals surface area contributed by atoms with E-state index in [0.717, 1.165) is 39.0 Å². The monoisotopic (exact) mass is 425 g/mol. The molecule has 0 saturated carbocycles. The van der Waals surface area contributed by atoms with Crippen molar-refractivity contribution in [3.63, 3.8) is 0 Å². The fourth-order valence-corrected chi connectivity index (χ4v) is 4.37. The van der Waals surface area contributed by atoms with E-state index in [9.17, 15) is 5.26 Å². The van der Waals surface area contributed by atoms with Crippen LogP contribution < -0.4 is 15.2 Å². The standard InChI is InChI=1S/C25H23N5O2/c1-15-7-3-6-10-21(15)31-12-11-30-14-19(17-8-4-5-9-20(17)30)23-18(13-26)24(27)32-25-22(23)16(2)28-29-25/h3-10,14,23H,11-12,27H2,1-2H3,(H,28,29)/t23-/m1/s1. The van der Waals surface area contributed by atoms with Crippen molar-refractivity contribution in [1.82, 2.24) is 14.8 Å². The Morgan fingerprint density at radius 2 is 1.97 bits per heavy atom. The van der Waals surface area contributed by atoms with Crippen LogP contribution in [0.2, 0.25) is 0 Å². The minimum absolute atomic E-state index is 0.0937. The second-order valence-electron chi connectivity index (χ2n) is 7.90. The van der Waals surface area contributed by atoms with Gasteiger partial charge in [0.2, 0.25) is 11.8 Å². The van der Waals surface area contributed by atoms with E-state index in [1.807, 2.05) is 50.2 Å². The Bertz CT molecular complexity index is 1390. The Kier molecular flexibility index (Phi) is 4.83. The summed E-state index contributed by atoms with van der Waals surface area (Å²) in [6.07, 6.45) is 2.09. The van der Waals surface area contributed by atoms with Gasteiger partial charge in [-0.05, 0) is 37.1 Å². The number of H-pyrrole nitrogens is 1. The first kappa shape index (κ1) is 19.8. The van der Waals surface area contributed by atoms with E-state index >= 15 is 0 Å². The van der Waals surface area contributed by atoms with E-state index in [1.165, 1.54) is 0 Å². The molecule has 1 atom stereocenters. The van der Waals surface area contributed by atoms with Gasteiger partial charge in [-0.15, -0.1) is 5.10 Å². The summed E-state index contributed by atoms with van der Waals surface area (Å²) in [7, 11) is 0. The lowest BCUT2D eigenvalue weighted by atomic mass is 9.84. The van der Waals surface area contributed by atoms with E-state index in [-0.39, 0.29) is 11.8 Å². The molecule has 3 N–H and O–H groups in total. The topological polar surface area (TPSA) is 102 Å². The zero-order valence-electron chi connectivity index (χ0n) is 17.9. The van der Waals surface area contributed by atoms with Crippen molar-refractivity contribution in [1.29, 1.82) is 5.26 Å². The van der Waals surface area contributed by atoms with Gasteiger partial charge in [-0.1, -0.05) is 36.4 Å². The highest BCUT2D eigenvalue weighted by Gasteiger charge is 2.35. The van der Waals surface area contributed by atoms with Gasteiger partial charge in [0, 0.05) is 28.4 Å². The number of nitriles is 1. The van der Waals surface area contributed by atoms with Gasteiger partial charge >= 0.3 is 0 Å². The SMILES string of the molecule is Cc1ccccc1OCCn1cc([C@H]2C(C#N)=C(N)Oc3n[nH]c(C)c32)c2ccccc21. The molecule has 3 heterocycles. The van der Waals surface area contributed by atoms with Crippen LogP contribution in [0.15, 0.2) is 66.2 Å². The quantitative estimate of drug-likeness (QED) is 0.497. The highest BCUT2D eigenvalue weighted by molar-refractivity contribution is 5.86. The van der Waals surface area contributed by atoms with Crippen molar-refractivity contribution < 1.29 is 9.47 Å². The fraction of sp³-hybridized carbons (Fsp3) is 0.200. The number of nitrogens with one attached hydrogen (secondary N) is 1. The van der Waals surface area contributed by atoms with Crippen LogP contribution in [0.25, 0.3) is 10.9 Å². The maximum atomic E-state index is 9.89. The third kappa shape index (κ3) is 3.17. The number of nitrogens with two attached hydrogens (primary N) is 1. The molecule has 0 spiro atoms. The number of benzene rings is 2. The minimum Gasteiger partial charge on any atom is -0.491 e. The van der Waals surface area contributed by atoms with Gasteiger partial charge in [-0.25, -0.2) is 0 Å². The van der Waals surface area contributed by atoms with Crippen LogP contribution in [0.3, 0.4) is 0 Å². The maximum absolute atomic E-state index is 9.89. The summed E-state index contributed by atoms with van der Waals surface area (Å²) in [4.78, 5) is 0. The summed E-state index contributed by atoms with van der Waals surface area (Å²) in [6, 6.07) is 18.4. The number of hydrogen-bond acceptors (Lipinski definition) is 5. The largest absolute Gasteiger partial charge is 0.491 e. The normalized spacial score (nSPS) is 15.3. The molecule has 0 amide bonds. The Labute approximate surface area is 185 Å². The number of hydrogen-bond donors (Lipinski definition) is 2. The molecule has 2 aromatic heterocycles. The molecule has 0 bridgehead atoms. The first-order chi connectivity index (χ1) is 15.6. The molecule has 0 fully saturated rings. The predicted molar refractivity (Wildman–Crippen MR) is 121 cm³/mol. The number of aromatic nitrogens is 3. The lowest BCUT2D eigenvalue weighted by Gasteiger charge is -2.23. The first-order valence-electron chi connectivity index (χ1n) is 10.5. The molecule has 0 radical (unpaired) electrons. The molecule has 7 nitrogen and oxygen atoms in total. The third-order valence-electron chi connectivity index (χ3n) is 5.94. The molecule has 0 saturated heterocycles. The number of nitrogens with zero attached hydrogens (tertiary/aromatic N) is 3. The van der Waals surface area contributed by atoms with Gasteiger partial charge in [0.15, 0.2) is 0 Å². The van der Waals surface area contributed by atoms with Crippen LogP contribution >= 0.6 is 0 Å². The molecule has 0 aliphatic carbocycles. The maximum Gasteiger partial charge on any atom is 0.244 e. The van der Waals surface area contributed by atoms with Gasteiger partial charge in [0.25, 0.3) is 0 Å². The van der Waals surface area contributed by atoms with Crippen molar-refractivity contribution in [3.8, 4) is 17.7 Å². The average Bonchev–Trinajstić information content (AvgIpc) is 3.35. The molecule has 1 aliphatic rings. The smallest absolute Gasteiger partial charge is 0.244 e. The number of rotatable bonds is 5. The minimum atomic E-state index is -0.356. The molecule has 7 heteroatoms. The molecular formula is C25H23N5O2. The number of para-hydroxylation sites is 2. The van der Waals surface area contributed by atoms with Crippen LogP contribution in [0.5, 0.6) is 11.6 Å². The van der Waals surface area contributed by atoms with Crippen molar-refractivity contribution >= 4 is 10.9 Å². The van der Waals surface area contributed by atoms with Gasteiger partial charge < -0.3 is 19.8 Å². The second-order valence-corrected chi connectivity index (χ2v) is 7.90. The first-order valence-corrected chi connectivity index (χ1v) is 10.5. The van der Waals surface area contributed by atoms with Crippen LogP contribution in [0.1, 0.15) is 28.3 Å². The molecule has 0 unspecified atom stereocenters. The number of aryl methyl sites for hydroxylation is 2. The van der Waals surface area contributed by atoms with Crippen LogP contribution in [-0.4, -0.2) is 21.4 Å². The number of fused-ring (bicyclic) bond motifs is 2. The van der Waals surface area contributed by atoms with Crippen molar-refractivity contribution in [3.05, 3.63) is 88.6 Å². The molecular weight excluding hydrogens is 402 g/mol. The van der Waals surface area contributed by atoms with E-state index in [4.69, 9.17) is 15.2 Å². The van der Waals surface area contributed by atoms with Gasteiger partial charge in [0.05, 0.1) is 12.5 Å². The lowest BCUT2D eigenvalue weighted by molar-refractivity contribution is 0.298. The zero-order valence-corrected chi connectivity index (χ0v) is 17.9. The van der Waals surface area contributed by atoms with Crippen LogP contribution in [0.4, 0.5) is 0 Å². The zero-order chi connectivity index (χ0) is 22.2. The number of ether oxygens (including phenoxy) is 2. The van der Waals surface area contributed by atoms with Crippen LogP contribution in [-0.2, 0) is 6.54 Å². The Hall–Kier alpha value is -4.18. The third-order valence-corrected chi connectivity index (χ3v) is 5.94. The summed E-state index contributed by atoms with van der Waals surface area (Å²) in [5.74, 6) is 1.04. The Morgan fingerprint density at radius 1 is 1.19 bits per heavy atom. The van der Waals surface area contributed by atoms with Gasteiger partial charge in [-0.3, -0.25) is 5.10 Å². The van der Waals surface area contributed by atoms with E-state index < -0.39 is 0 Å². The van der Waals surface area contributed by atoms with E-state index in [0.29, 0.717) is 24.6 Å². The van der Waals surface area contributed by atoms with E-state index in [1.54, 1.807) is 0 Å². The van der Waals surface area contributed by atoms with E-state index in [2.05, 4.69) is 39.2 Å². The summed E-state index contributed by atoms with van der Waals surface area (Å²) in [6.45, 7) is 5.15. The molecule has 2 aromatic carbocycles. The molecule has 5 rings (SSSR count). The Balaban J connectivity index is 1.55. The predicted octanol–water partition coefficient (Wildman–Crippen LogP) is 4.28. The summed E-state index contributed by atoms with van der Waals surface area (Å²) in [5.41, 5.74) is 11.4. The Morgan fingerprint density at radius 3 is 2.78 bits per heavy atom. The molecule has 160 valence electrons. The van der Waals surface area contributed by atoms with Crippen LogP contribution in [0, 0.1) is 25.2 Å². The van der Waals surface area contributed by atoms with Crippen molar-refractivity contribution in [2.24, 2.45) is 5.73 Å². The summed E-state index contributed by atoms with van der Waals surface area (Å²) < 4.78 is 13.8. The summed E-state index contributed by atoms with van der Waals surface area (Å²) >= 11 is 0. The summed E-state index contributed by atoms with van der Waals surface area (Å²) in [5, 5.41) is 18.1. The lowest BCUT2D eigenvalue weighted by Crippen LogP contribution is -2.21. The van der Waals surface area contributed by atoms with Gasteiger partial charge in [-0.2, -0.15) is 5.26 Å². The molecule has 1 aliphatic heterocycles. The van der Waals surface area contributed by atoms with Crippen molar-refractivity contribution in [2.75, 3.05) is 6.61 Å². The highest BCUT2D eigenvalue weighted by atomic mass is 16.5. The fourth-order valence-electron chi connectivity index (χ4n) is 4.37. The van der Waals surface area contributed by atoms with Crippen molar-refractivity contribution in [2.45, 2.75) is 26.3 Å². The second kappa shape index (κ2) is 7.82. The average molecular weight is 425 g/mol. The highest BCUT2D eigenvalue weighted by Crippen LogP contribution is 2.45. The number of aromatic amines is 1. The number of allylic oxidation sites excluding steroid dienone is 1. The molecule has 4 aromatic rings. The molecule has 32 heavy (non-hydrogen) atoms. The van der Waals surface area contributed by atoms with Gasteiger partial charge in [0.1, 0.15) is 24.0 Å².